The molecule has 0 aliphatic rings. The van der Waals surface area contributed by atoms with Crippen molar-refractivity contribution in [2.75, 3.05) is 7.11 Å². The lowest BCUT2D eigenvalue weighted by Crippen LogP contribution is -2.21. The average Bonchev–Trinajstić information content (AvgIpc) is 2.66. The van der Waals surface area contributed by atoms with E-state index in [-0.39, 0.29) is 0 Å². The van der Waals surface area contributed by atoms with Gasteiger partial charge in [0.15, 0.2) is 0 Å². The normalized spacial score (nSPS) is 12.4. The lowest BCUT2D eigenvalue weighted by molar-refractivity contribution is 0.0813. The summed E-state index contributed by atoms with van der Waals surface area (Å²) in [5, 5.41) is 11.2. The highest BCUT2D eigenvalue weighted by atomic mass is 16.5. The number of methoxy groups -OCH3 is 1. The molecule has 0 aliphatic carbocycles. The fraction of sp³-hybridized carbons (Fsp3) is 0.500. The summed E-state index contributed by atoms with van der Waals surface area (Å²) in [7, 11) is 1.70. The van der Waals surface area contributed by atoms with Gasteiger partial charge in [-0.15, -0.1) is 0 Å². The monoisotopic (exact) mass is 261 g/mol. The highest BCUT2D eigenvalue weighted by Gasteiger charge is 2.20. The summed E-state index contributed by atoms with van der Waals surface area (Å²) < 4.78 is 7.70. The second kappa shape index (κ2) is 4.89. The second-order valence-corrected chi connectivity index (χ2v) is 6.00. The lowest BCUT2D eigenvalue weighted by Gasteiger charge is -2.16. The van der Waals surface area contributed by atoms with Gasteiger partial charge in [0.2, 0.25) is 0 Å². The molecule has 1 aromatic heterocycles. The van der Waals surface area contributed by atoms with E-state index < -0.39 is 5.60 Å². The van der Waals surface area contributed by atoms with Crippen molar-refractivity contribution < 1.29 is 9.84 Å². The fourth-order valence-corrected chi connectivity index (χ4v) is 2.53. The zero-order valence-electron chi connectivity index (χ0n) is 12.4. The molecule has 1 N–H and O–H groups in total. The van der Waals surface area contributed by atoms with Gasteiger partial charge in [0.05, 0.1) is 18.2 Å². The van der Waals surface area contributed by atoms with Crippen LogP contribution in [0.15, 0.2) is 24.4 Å². The summed E-state index contributed by atoms with van der Waals surface area (Å²) in [5.74, 6) is 0.883. The zero-order valence-corrected chi connectivity index (χ0v) is 12.4. The SMILES string of the molecule is COc1cccc2c(CC(C)(C)O)cn(C(C)C)c12. The van der Waals surface area contributed by atoms with E-state index in [1.165, 1.54) is 0 Å². The Balaban J connectivity index is 2.67. The van der Waals surface area contributed by atoms with Gasteiger partial charge in [-0.1, -0.05) is 12.1 Å². The Labute approximate surface area is 114 Å². The third-order valence-electron chi connectivity index (χ3n) is 3.30. The third kappa shape index (κ3) is 2.76. The molecule has 0 aliphatic heterocycles. The molecule has 3 nitrogen and oxygen atoms in total. The molecule has 0 atom stereocenters. The first-order chi connectivity index (χ1) is 8.83. The van der Waals surface area contributed by atoms with Gasteiger partial charge in [-0.2, -0.15) is 0 Å². The molecule has 0 radical (unpaired) electrons. The molecule has 1 heterocycles. The Morgan fingerprint density at radius 1 is 1.32 bits per heavy atom. The number of rotatable bonds is 4. The maximum Gasteiger partial charge on any atom is 0.143 e. The predicted octanol–water partition coefficient (Wildman–Crippen LogP) is 3.54. The van der Waals surface area contributed by atoms with Crippen molar-refractivity contribution >= 4 is 10.9 Å². The molecular formula is C16H23NO2. The van der Waals surface area contributed by atoms with Gasteiger partial charge in [0.25, 0.3) is 0 Å². The van der Waals surface area contributed by atoms with E-state index in [2.05, 4.69) is 30.7 Å². The van der Waals surface area contributed by atoms with Crippen LogP contribution in [-0.2, 0) is 6.42 Å². The first-order valence-electron chi connectivity index (χ1n) is 6.72. The zero-order chi connectivity index (χ0) is 14.2. The van der Waals surface area contributed by atoms with Gasteiger partial charge in [-0.05, 0) is 39.3 Å². The standard InChI is InChI=1S/C16H23NO2/c1-11(2)17-10-12(9-16(3,4)18)13-7-6-8-14(19-5)15(13)17/h6-8,10-11,18H,9H2,1-5H3. The third-order valence-corrected chi connectivity index (χ3v) is 3.30. The van der Waals surface area contributed by atoms with Crippen molar-refractivity contribution in [3.63, 3.8) is 0 Å². The second-order valence-electron chi connectivity index (χ2n) is 6.00. The Kier molecular flexibility index (Phi) is 3.59. The van der Waals surface area contributed by atoms with E-state index in [4.69, 9.17) is 4.74 Å². The summed E-state index contributed by atoms with van der Waals surface area (Å²) in [6.45, 7) is 7.98. The van der Waals surface area contributed by atoms with Crippen LogP contribution in [0, 0.1) is 0 Å². The van der Waals surface area contributed by atoms with Gasteiger partial charge in [-0.3, -0.25) is 0 Å². The number of fused-ring (bicyclic) bond motifs is 1. The van der Waals surface area contributed by atoms with E-state index in [0.29, 0.717) is 12.5 Å². The van der Waals surface area contributed by atoms with Crippen LogP contribution in [0.2, 0.25) is 0 Å². The number of ether oxygens (including phenoxy) is 1. The van der Waals surface area contributed by atoms with Crippen LogP contribution in [0.5, 0.6) is 5.75 Å². The quantitative estimate of drug-likeness (QED) is 0.913. The van der Waals surface area contributed by atoms with Crippen molar-refractivity contribution in [1.29, 1.82) is 0 Å². The van der Waals surface area contributed by atoms with Crippen LogP contribution in [-0.4, -0.2) is 22.4 Å². The number of hydrogen-bond acceptors (Lipinski definition) is 2. The maximum absolute atomic E-state index is 10.1. The van der Waals surface area contributed by atoms with Crippen molar-refractivity contribution in [2.45, 2.75) is 45.8 Å². The highest BCUT2D eigenvalue weighted by Crippen LogP contribution is 2.33. The molecule has 0 saturated carbocycles. The smallest absolute Gasteiger partial charge is 0.143 e. The Bertz CT molecular complexity index is 576. The minimum atomic E-state index is -0.709. The molecule has 0 fully saturated rings. The van der Waals surface area contributed by atoms with Gasteiger partial charge in [0.1, 0.15) is 5.75 Å². The average molecular weight is 261 g/mol. The molecule has 0 unspecified atom stereocenters. The fourth-order valence-electron chi connectivity index (χ4n) is 2.53. The first kappa shape index (κ1) is 13.9. The van der Waals surface area contributed by atoms with Crippen LogP contribution in [0.1, 0.15) is 39.3 Å². The van der Waals surface area contributed by atoms with Gasteiger partial charge < -0.3 is 14.4 Å². The van der Waals surface area contributed by atoms with E-state index in [1.807, 2.05) is 26.0 Å². The summed E-state index contributed by atoms with van der Waals surface area (Å²) in [5.41, 5.74) is 1.56. The predicted molar refractivity (Wildman–Crippen MR) is 78.9 cm³/mol. The molecule has 0 spiro atoms. The Morgan fingerprint density at radius 3 is 2.53 bits per heavy atom. The summed E-state index contributed by atoms with van der Waals surface area (Å²) >= 11 is 0. The van der Waals surface area contributed by atoms with E-state index in [0.717, 1.165) is 22.2 Å². The van der Waals surface area contributed by atoms with Crippen LogP contribution in [0.25, 0.3) is 10.9 Å². The van der Waals surface area contributed by atoms with E-state index in [9.17, 15) is 5.11 Å². The largest absolute Gasteiger partial charge is 0.495 e. The lowest BCUT2D eigenvalue weighted by atomic mass is 9.98. The van der Waals surface area contributed by atoms with Gasteiger partial charge in [0, 0.05) is 24.0 Å². The van der Waals surface area contributed by atoms with Crippen LogP contribution < -0.4 is 4.74 Å². The minimum Gasteiger partial charge on any atom is -0.495 e. The number of para-hydroxylation sites is 1. The number of aromatic nitrogens is 1. The summed E-state index contributed by atoms with van der Waals surface area (Å²) in [6.07, 6.45) is 2.77. The number of benzene rings is 1. The van der Waals surface area contributed by atoms with Gasteiger partial charge >= 0.3 is 0 Å². The number of aliphatic hydroxyl groups is 1. The van der Waals surface area contributed by atoms with Gasteiger partial charge in [-0.25, -0.2) is 0 Å². The van der Waals surface area contributed by atoms with Crippen molar-refractivity contribution in [3.8, 4) is 5.75 Å². The summed E-state index contributed by atoms with van der Waals surface area (Å²) in [6, 6.07) is 6.43. The topological polar surface area (TPSA) is 34.4 Å². The maximum atomic E-state index is 10.1. The first-order valence-corrected chi connectivity index (χ1v) is 6.72. The number of hydrogen-bond donors (Lipinski definition) is 1. The molecule has 2 aromatic rings. The van der Waals surface area contributed by atoms with Crippen LogP contribution in [0.4, 0.5) is 0 Å². The summed E-state index contributed by atoms with van der Waals surface area (Å²) in [4.78, 5) is 0. The van der Waals surface area contributed by atoms with E-state index >= 15 is 0 Å². The number of nitrogens with zero attached hydrogens (tertiary/aromatic N) is 1. The highest BCUT2D eigenvalue weighted by molar-refractivity contribution is 5.89. The molecule has 19 heavy (non-hydrogen) atoms. The molecular weight excluding hydrogens is 238 g/mol. The van der Waals surface area contributed by atoms with Crippen molar-refractivity contribution in [3.05, 3.63) is 30.0 Å². The molecule has 0 bridgehead atoms. The minimum absolute atomic E-state index is 0.356. The molecule has 3 heteroatoms. The van der Waals surface area contributed by atoms with Crippen molar-refractivity contribution in [1.82, 2.24) is 4.57 Å². The Hall–Kier alpha value is -1.48. The van der Waals surface area contributed by atoms with E-state index in [1.54, 1.807) is 7.11 Å². The van der Waals surface area contributed by atoms with Crippen LogP contribution in [0.3, 0.4) is 0 Å². The molecule has 1 aromatic carbocycles. The Morgan fingerprint density at radius 2 is 2.00 bits per heavy atom. The molecule has 0 amide bonds. The van der Waals surface area contributed by atoms with Crippen molar-refractivity contribution in [2.24, 2.45) is 0 Å². The molecule has 2 rings (SSSR count). The molecule has 0 saturated heterocycles. The molecule has 104 valence electrons. The van der Waals surface area contributed by atoms with Crippen LogP contribution >= 0.6 is 0 Å².